The summed E-state index contributed by atoms with van der Waals surface area (Å²) >= 11 is 0. The SMILES string of the molecule is COc1ccc2nc(C)c3c(c2c1)C(F)(F)C[C@]1(C[C@H]2C(=O)N[C@]4(C(=O)NS(=O)(=O)C5(C)CC5)C[C@H]4/C=C\CCCCC[C@H](CC(=O)OC4CCCC4)C(=O)N2C1)O3. The normalized spacial score (nSPS) is 31.1. The number of nitrogens with one attached hydrogen (secondary N) is 2. The van der Waals surface area contributed by atoms with Crippen molar-refractivity contribution in [3.63, 3.8) is 0 Å². The smallest absolute Gasteiger partial charge is 0.306 e. The number of alkyl halides is 2. The van der Waals surface area contributed by atoms with Crippen LogP contribution in [0.4, 0.5) is 8.78 Å². The molecule has 1 aromatic carbocycles. The van der Waals surface area contributed by atoms with E-state index >= 15 is 8.78 Å². The summed E-state index contributed by atoms with van der Waals surface area (Å²) in [5.74, 6) is -7.53. The number of methoxy groups -OCH3 is 1. The maximum absolute atomic E-state index is 16.8. The Morgan fingerprint density at radius 3 is 2.53 bits per heavy atom. The predicted octanol–water partition coefficient (Wildman–Crippen LogP) is 5.65. The lowest BCUT2D eigenvalue weighted by Crippen LogP contribution is -2.57. The highest BCUT2D eigenvalue weighted by Gasteiger charge is 2.65. The molecule has 4 heterocycles. The molecule has 6 aliphatic rings. The summed E-state index contributed by atoms with van der Waals surface area (Å²) in [6.07, 6.45) is 9.31. The molecule has 0 unspecified atom stereocenters. The second kappa shape index (κ2) is 14.7. The number of hydrogen-bond donors (Lipinski definition) is 2. The molecule has 3 amide bonds. The van der Waals surface area contributed by atoms with Crippen molar-refractivity contribution in [1.82, 2.24) is 19.9 Å². The number of ether oxygens (including phenoxy) is 3. The molecular formula is C42H52F2N4O9S. The fraction of sp³-hybridized carbons (Fsp3) is 0.643. The third kappa shape index (κ3) is 7.42. The number of aryl methyl sites for hydroxylation is 1. The van der Waals surface area contributed by atoms with Gasteiger partial charge in [0, 0.05) is 23.6 Å². The van der Waals surface area contributed by atoms with Gasteiger partial charge >= 0.3 is 5.97 Å². The number of carbonyl (C=O) groups is 4. The first-order chi connectivity index (χ1) is 27.5. The number of nitrogens with zero attached hydrogens (tertiary/aromatic N) is 2. The zero-order valence-electron chi connectivity index (χ0n) is 33.2. The largest absolute Gasteiger partial charge is 0.497 e. The molecule has 13 nitrogen and oxygen atoms in total. The molecule has 0 radical (unpaired) electrons. The van der Waals surface area contributed by atoms with Gasteiger partial charge in [0.05, 0.1) is 48.0 Å². The highest BCUT2D eigenvalue weighted by atomic mass is 32.2. The Bertz CT molecular complexity index is 2170. The average Bonchev–Trinajstić information content (AvgIpc) is 3.96. The highest BCUT2D eigenvalue weighted by molar-refractivity contribution is 7.91. The molecule has 2 aromatic rings. The number of allylic oxidation sites excluding steroid dienone is 1. The van der Waals surface area contributed by atoms with E-state index in [4.69, 9.17) is 14.2 Å². The molecule has 314 valence electrons. The molecule has 3 aliphatic carbocycles. The summed E-state index contributed by atoms with van der Waals surface area (Å²) in [4.78, 5) is 62.6. The van der Waals surface area contributed by atoms with Crippen LogP contribution >= 0.6 is 0 Å². The van der Waals surface area contributed by atoms with Crippen LogP contribution in [0.3, 0.4) is 0 Å². The molecule has 5 atom stereocenters. The summed E-state index contributed by atoms with van der Waals surface area (Å²) in [7, 11) is -2.64. The number of rotatable bonds is 7. The molecule has 58 heavy (non-hydrogen) atoms. The lowest BCUT2D eigenvalue weighted by atomic mass is 9.84. The first-order valence-corrected chi connectivity index (χ1v) is 22.1. The van der Waals surface area contributed by atoms with Gasteiger partial charge in [-0.25, -0.2) is 22.2 Å². The van der Waals surface area contributed by atoms with Crippen molar-refractivity contribution < 1.29 is 50.6 Å². The first-order valence-electron chi connectivity index (χ1n) is 20.6. The van der Waals surface area contributed by atoms with Crippen LogP contribution in [0.1, 0.15) is 114 Å². The van der Waals surface area contributed by atoms with Crippen LogP contribution in [-0.2, 0) is 39.9 Å². The highest BCUT2D eigenvalue weighted by Crippen LogP contribution is 2.55. The predicted molar refractivity (Wildman–Crippen MR) is 207 cm³/mol. The average molecular weight is 827 g/mol. The van der Waals surface area contributed by atoms with E-state index in [0.717, 1.165) is 38.5 Å². The topological polar surface area (TPSA) is 170 Å². The molecule has 3 aliphatic heterocycles. The third-order valence-electron chi connectivity index (χ3n) is 13.3. The van der Waals surface area contributed by atoms with Gasteiger partial charge in [0.15, 0.2) is 5.75 Å². The standard InChI is InChI=1S/C42H52F2N4O9S/c1-25-35-34(30-20-29(55-3)15-16-31(30)45-25)42(43,44)23-40(57-35)22-32-36(50)46-41(38(52)47-58(53,54)39(2)17-18-39)21-27(41)12-8-6-4-5-7-11-26(37(51)48(32)24-40)19-33(49)56-28-13-9-10-14-28/h8,12,15-16,20,26-28,32H,4-7,9-11,13-14,17-19,21-24H2,1-3H3,(H,46,50)(H,47,52)/b12-8-/t26-,27-,32+,40+,41-/m1/s1. The Labute approximate surface area is 337 Å². The summed E-state index contributed by atoms with van der Waals surface area (Å²) in [5, 5.41) is 2.97. The number of sulfonamides is 1. The van der Waals surface area contributed by atoms with Crippen molar-refractivity contribution in [1.29, 1.82) is 0 Å². The first kappa shape index (κ1) is 40.4. The van der Waals surface area contributed by atoms with Gasteiger partial charge in [0.1, 0.15) is 29.0 Å². The monoisotopic (exact) mass is 826 g/mol. The summed E-state index contributed by atoms with van der Waals surface area (Å²) in [5.41, 5.74) is -3.25. The number of esters is 1. The van der Waals surface area contributed by atoms with E-state index in [1.807, 2.05) is 12.2 Å². The van der Waals surface area contributed by atoms with Crippen LogP contribution in [0.15, 0.2) is 30.4 Å². The lowest BCUT2D eigenvalue weighted by molar-refractivity contribution is -0.154. The van der Waals surface area contributed by atoms with Crippen LogP contribution in [0.2, 0.25) is 0 Å². The van der Waals surface area contributed by atoms with Crippen LogP contribution in [0, 0.1) is 18.8 Å². The second-order valence-electron chi connectivity index (χ2n) is 17.7. The number of aromatic nitrogens is 1. The second-order valence-corrected chi connectivity index (χ2v) is 19.9. The minimum absolute atomic E-state index is 0.109. The molecule has 1 aromatic heterocycles. The number of halogens is 2. The van der Waals surface area contributed by atoms with Gasteiger partial charge in [-0.05, 0) is 96.3 Å². The van der Waals surface area contributed by atoms with Crippen LogP contribution in [0.5, 0.6) is 11.5 Å². The Morgan fingerprint density at radius 2 is 1.81 bits per heavy atom. The molecule has 1 saturated heterocycles. The van der Waals surface area contributed by atoms with E-state index in [0.29, 0.717) is 43.4 Å². The molecule has 2 N–H and O–H groups in total. The quantitative estimate of drug-likeness (QED) is 0.263. The zero-order chi connectivity index (χ0) is 41.3. The van der Waals surface area contributed by atoms with E-state index in [1.54, 1.807) is 26.0 Å². The maximum atomic E-state index is 16.8. The third-order valence-corrected chi connectivity index (χ3v) is 15.4. The number of carbonyl (C=O) groups excluding carboxylic acids is 4. The Kier molecular flexibility index (Phi) is 10.3. The van der Waals surface area contributed by atoms with Gasteiger partial charge in [-0.2, -0.15) is 0 Å². The Hall–Kier alpha value is -4.34. The van der Waals surface area contributed by atoms with E-state index < -0.39 is 86.4 Å². The van der Waals surface area contributed by atoms with Gasteiger partial charge in [-0.1, -0.05) is 25.0 Å². The van der Waals surface area contributed by atoms with E-state index in [9.17, 15) is 27.6 Å². The lowest BCUT2D eigenvalue weighted by Gasteiger charge is -2.40. The van der Waals surface area contributed by atoms with Crippen molar-refractivity contribution in [3.8, 4) is 11.5 Å². The Balaban J connectivity index is 1.16. The van der Waals surface area contributed by atoms with E-state index in [-0.39, 0.29) is 47.8 Å². The van der Waals surface area contributed by atoms with Gasteiger partial charge < -0.3 is 24.4 Å². The van der Waals surface area contributed by atoms with Crippen molar-refractivity contribution in [2.45, 2.75) is 144 Å². The molecule has 16 heteroatoms. The van der Waals surface area contributed by atoms with Crippen LogP contribution < -0.4 is 19.5 Å². The molecule has 4 fully saturated rings. The van der Waals surface area contributed by atoms with Crippen LogP contribution in [-0.4, -0.2) is 83.7 Å². The minimum atomic E-state index is -4.07. The van der Waals surface area contributed by atoms with Crippen molar-refractivity contribution in [2.75, 3.05) is 13.7 Å². The molecule has 0 bridgehead atoms. The van der Waals surface area contributed by atoms with E-state index in [2.05, 4.69) is 15.0 Å². The van der Waals surface area contributed by atoms with Crippen molar-refractivity contribution in [2.24, 2.45) is 11.8 Å². The molecule has 1 spiro atoms. The van der Waals surface area contributed by atoms with Crippen LogP contribution in [0.25, 0.3) is 10.9 Å². The molecule has 3 saturated carbocycles. The fourth-order valence-corrected chi connectivity index (χ4v) is 10.8. The van der Waals surface area contributed by atoms with Gasteiger partial charge in [0.25, 0.3) is 11.8 Å². The minimum Gasteiger partial charge on any atom is -0.497 e. The van der Waals surface area contributed by atoms with E-state index in [1.165, 1.54) is 18.1 Å². The number of pyridine rings is 1. The molecule has 8 rings (SSSR count). The molecular weight excluding hydrogens is 775 g/mol. The maximum Gasteiger partial charge on any atom is 0.306 e. The van der Waals surface area contributed by atoms with Gasteiger partial charge in [-0.15, -0.1) is 0 Å². The summed E-state index contributed by atoms with van der Waals surface area (Å²) < 4.78 is 78.9. The van der Waals surface area contributed by atoms with Gasteiger partial charge in [-0.3, -0.25) is 23.9 Å². The number of benzene rings is 1. The van der Waals surface area contributed by atoms with Crippen molar-refractivity contribution >= 4 is 44.6 Å². The number of fused-ring (bicyclic) bond motifs is 5. The summed E-state index contributed by atoms with van der Waals surface area (Å²) in [6.45, 7) is 2.71. The fourth-order valence-electron chi connectivity index (χ4n) is 9.47. The number of hydrogen-bond acceptors (Lipinski definition) is 10. The summed E-state index contributed by atoms with van der Waals surface area (Å²) in [6, 6.07) is 3.31. The van der Waals surface area contributed by atoms with Crippen molar-refractivity contribution in [3.05, 3.63) is 41.6 Å². The zero-order valence-corrected chi connectivity index (χ0v) is 34.1. The number of amides is 3. The Morgan fingerprint density at radius 1 is 1.07 bits per heavy atom. The van der Waals surface area contributed by atoms with Gasteiger partial charge in [0.2, 0.25) is 21.8 Å².